The van der Waals surface area contributed by atoms with Crippen molar-refractivity contribution in [3.63, 3.8) is 0 Å². The van der Waals surface area contributed by atoms with Crippen LogP contribution in [0.3, 0.4) is 0 Å². The number of hydrogen-bond donors (Lipinski definition) is 0. The summed E-state index contributed by atoms with van der Waals surface area (Å²) in [5.74, 6) is -0.578. The minimum Gasteiger partial charge on any atom is -0.491 e. The van der Waals surface area contributed by atoms with Gasteiger partial charge in [-0.3, -0.25) is 0 Å². The Kier molecular flexibility index (Phi) is 7.14. The van der Waals surface area contributed by atoms with Crippen LogP contribution < -0.4 is 4.74 Å². The van der Waals surface area contributed by atoms with Gasteiger partial charge in [0.15, 0.2) is 5.75 Å². The summed E-state index contributed by atoms with van der Waals surface area (Å²) in [7, 11) is 0. The highest BCUT2D eigenvalue weighted by molar-refractivity contribution is 6.30. The molecule has 1 heterocycles. The van der Waals surface area contributed by atoms with Crippen LogP contribution in [-0.4, -0.2) is 16.6 Å². The molecule has 0 aliphatic rings. The van der Waals surface area contributed by atoms with Gasteiger partial charge >= 0.3 is 0 Å². The Bertz CT molecular complexity index is 1260. The van der Waals surface area contributed by atoms with Gasteiger partial charge in [-0.1, -0.05) is 41.9 Å². The van der Waals surface area contributed by atoms with Crippen molar-refractivity contribution < 1.29 is 17.9 Å². The lowest BCUT2D eigenvalue weighted by atomic mass is 9.98. The predicted octanol–water partition coefficient (Wildman–Crippen LogP) is 6.67. The molecule has 170 valence electrons. The second-order valence-corrected chi connectivity index (χ2v) is 8.11. The van der Waals surface area contributed by atoms with E-state index in [4.69, 9.17) is 16.3 Å². The van der Waals surface area contributed by atoms with Crippen molar-refractivity contribution in [1.29, 1.82) is 0 Å². The summed E-state index contributed by atoms with van der Waals surface area (Å²) >= 11 is 5.52. The highest BCUT2D eigenvalue weighted by Crippen LogP contribution is 2.25. The van der Waals surface area contributed by atoms with E-state index in [1.807, 2.05) is 25.1 Å². The zero-order chi connectivity index (χ0) is 23.4. The molecule has 0 aliphatic heterocycles. The van der Waals surface area contributed by atoms with Gasteiger partial charge in [0.05, 0.1) is 19.0 Å². The van der Waals surface area contributed by atoms with Crippen molar-refractivity contribution in [1.82, 2.24) is 9.97 Å². The maximum atomic E-state index is 15.1. The van der Waals surface area contributed by atoms with Crippen molar-refractivity contribution in [2.24, 2.45) is 0 Å². The van der Waals surface area contributed by atoms with Crippen LogP contribution in [0.2, 0.25) is 5.02 Å². The van der Waals surface area contributed by atoms with E-state index in [2.05, 4.69) is 9.97 Å². The Morgan fingerprint density at radius 1 is 0.818 bits per heavy atom. The molecule has 0 spiro atoms. The molecule has 0 N–H and O–H groups in total. The van der Waals surface area contributed by atoms with E-state index in [0.717, 1.165) is 23.2 Å². The Hall–Kier alpha value is -3.12. The third-order valence-corrected chi connectivity index (χ3v) is 5.82. The zero-order valence-corrected chi connectivity index (χ0v) is 18.8. The summed E-state index contributed by atoms with van der Waals surface area (Å²) in [6, 6.07) is 11.6. The Morgan fingerprint density at radius 3 is 2.21 bits per heavy atom. The fraction of sp³-hybridized carbons (Fsp3) is 0.231. The van der Waals surface area contributed by atoms with E-state index in [1.165, 1.54) is 12.1 Å². The van der Waals surface area contributed by atoms with Crippen molar-refractivity contribution in [2.45, 2.75) is 32.6 Å². The van der Waals surface area contributed by atoms with Crippen LogP contribution >= 0.6 is 11.6 Å². The first-order valence-corrected chi connectivity index (χ1v) is 11.1. The number of aryl methyl sites for hydroxylation is 4. The molecule has 1 aromatic heterocycles. The minimum absolute atomic E-state index is 0.299. The summed E-state index contributed by atoms with van der Waals surface area (Å²) in [5.41, 5.74) is 1.98. The van der Waals surface area contributed by atoms with Gasteiger partial charge in [0, 0.05) is 11.8 Å². The fourth-order valence-electron chi connectivity index (χ4n) is 3.74. The second-order valence-electron chi connectivity index (χ2n) is 7.74. The highest BCUT2D eigenvalue weighted by Gasteiger charge is 2.12. The van der Waals surface area contributed by atoms with E-state index in [9.17, 15) is 8.78 Å². The van der Waals surface area contributed by atoms with Crippen LogP contribution in [0.5, 0.6) is 5.75 Å². The number of benzene rings is 3. The van der Waals surface area contributed by atoms with Gasteiger partial charge in [0.1, 0.15) is 28.3 Å². The number of hydrogen-bond acceptors (Lipinski definition) is 3. The van der Waals surface area contributed by atoms with Crippen LogP contribution in [0.15, 0.2) is 54.9 Å². The van der Waals surface area contributed by atoms with Crippen molar-refractivity contribution >= 4 is 22.4 Å². The maximum absolute atomic E-state index is 15.1. The lowest BCUT2D eigenvalue weighted by Crippen LogP contribution is -2.00. The first-order valence-electron chi connectivity index (χ1n) is 10.7. The van der Waals surface area contributed by atoms with E-state index in [1.54, 1.807) is 24.5 Å². The second kappa shape index (κ2) is 10.2. The maximum Gasteiger partial charge on any atom is 0.155 e. The fourth-order valence-corrected chi connectivity index (χ4v) is 3.84. The van der Waals surface area contributed by atoms with Crippen molar-refractivity contribution in [3.8, 4) is 5.75 Å². The summed E-state index contributed by atoms with van der Waals surface area (Å²) in [5, 5.41) is 0.785. The molecule has 3 nitrogen and oxygen atoms in total. The summed E-state index contributed by atoms with van der Waals surface area (Å²) < 4.78 is 47.7. The molecule has 0 fully saturated rings. The molecule has 7 heteroatoms. The third kappa shape index (κ3) is 5.45. The largest absolute Gasteiger partial charge is 0.491 e. The molecule has 0 aliphatic carbocycles. The molecule has 0 unspecified atom stereocenters. The van der Waals surface area contributed by atoms with Gasteiger partial charge in [-0.15, -0.1) is 0 Å². The number of nitrogens with zero attached hydrogens (tertiary/aromatic N) is 2. The normalized spacial score (nSPS) is 11.2. The molecule has 0 bridgehead atoms. The number of rotatable bonds is 8. The van der Waals surface area contributed by atoms with Gasteiger partial charge in [0.2, 0.25) is 0 Å². The minimum atomic E-state index is -0.811. The summed E-state index contributed by atoms with van der Waals surface area (Å²) in [6.07, 6.45) is 5.33. The van der Waals surface area contributed by atoms with E-state index >= 15 is 4.39 Å². The van der Waals surface area contributed by atoms with Crippen molar-refractivity contribution in [2.75, 3.05) is 6.61 Å². The van der Waals surface area contributed by atoms with Crippen LogP contribution in [0.25, 0.3) is 10.8 Å². The molecule has 33 heavy (non-hydrogen) atoms. The number of aromatic nitrogens is 2. The molecule has 0 atom stereocenters. The molecule has 4 rings (SSSR count). The van der Waals surface area contributed by atoms with Gasteiger partial charge in [0.25, 0.3) is 0 Å². The monoisotopic (exact) mass is 470 g/mol. The van der Waals surface area contributed by atoms with Crippen molar-refractivity contribution in [3.05, 3.63) is 99.8 Å². The molecular weight excluding hydrogens is 449 g/mol. The molecule has 0 radical (unpaired) electrons. The van der Waals surface area contributed by atoms with Gasteiger partial charge in [-0.2, -0.15) is 0 Å². The summed E-state index contributed by atoms with van der Waals surface area (Å²) in [6.45, 7) is 2.47. The Balaban J connectivity index is 1.44. The topological polar surface area (TPSA) is 35.0 Å². The standard InChI is InChI=1S/C26H22ClF3N2O/c1-2-33-20-14-31-24(32-15-20)10-5-16-4-9-21-19(11-16)8-7-18(26(21)30)6-3-17-12-22(28)25(27)23(29)13-17/h4,7-9,11-15H,2-3,5-6,10H2,1H3. The lowest BCUT2D eigenvalue weighted by Gasteiger charge is -2.09. The average Bonchev–Trinajstić information content (AvgIpc) is 2.82. The van der Waals surface area contributed by atoms with Gasteiger partial charge in [-0.25, -0.2) is 23.1 Å². The molecule has 0 saturated carbocycles. The number of fused-ring (bicyclic) bond motifs is 1. The Labute approximate surface area is 195 Å². The first-order chi connectivity index (χ1) is 15.9. The molecule has 3 aromatic carbocycles. The van der Waals surface area contributed by atoms with Crippen LogP contribution in [-0.2, 0) is 25.7 Å². The Morgan fingerprint density at radius 2 is 1.52 bits per heavy atom. The van der Waals surface area contributed by atoms with Gasteiger partial charge in [-0.05, 0) is 60.4 Å². The van der Waals surface area contributed by atoms with E-state index in [-0.39, 0.29) is 5.82 Å². The lowest BCUT2D eigenvalue weighted by molar-refractivity contribution is 0.337. The van der Waals surface area contributed by atoms with Gasteiger partial charge < -0.3 is 4.74 Å². The zero-order valence-electron chi connectivity index (χ0n) is 18.0. The van der Waals surface area contributed by atoms with E-state index in [0.29, 0.717) is 48.1 Å². The SMILES string of the molecule is CCOc1cnc(CCc2ccc3c(F)c(CCc4cc(F)c(Cl)c(F)c4)ccc3c2)nc1. The average molecular weight is 471 g/mol. The number of halogens is 4. The van der Waals surface area contributed by atoms with Crippen LogP contribution in [0, 0.1) is 17.5 Å². The highest BCUT2D eigenvalue weighted by atomic mass is 35.5. The van der Waals surface area contributed by atoms with Crippen LogP contribution in [0.1, 0.15) is 29.4 Å². The number of ether oxygens (including phenoxy) is 1. The molecular formula is C26H22ClF3N2O. The van der Waals surface area contributed by atoms with Crippen LogP contribution in [0.4, 0.5) is 13.2 Å². The first kappa shape index (κ1) is 23.1. The molecule has 0 amide bonds. The van der Waals surface area contributed by atoms with E-state index < -0.39 is 16.7 Å². The molecule has 4 aromatic rings. The summed E-state index contributed by atoms with van der Waals surface area (Å²) in [4.78, 5) is 8.62. The molecule has 0 saturated heterocycles. The predicted molar refractivity (Wildman–Crippen MR) is 123 cm³/mol. The quantitative estimate of drug-likeness (QED) is 0.270. The smallest absolute Gasteiger partial charge is 0.155 e. The third-order valence-electron chi connectivity index (χ3n) is 5.45.